The zero-order valence-corrected chi connectivity index (χ0v) is 20.7. The highest BCUT2D eigenvalue weighted by molar-refractivity contribution is 6.21. The normalized spacial score (nSPS) is 14.5. The van der Waals surface area contributed by atoms with Crippen LogP contribution in [0.4, 0.5) is 9.18 Å². The van der Waals surface area contributed by atoms with Gasteiger partial charge in [0, 0.05) is 25.3 Å². The number of urea groups is 1. The summed E-state index contributed by atoms with van der Waals surface area (Å²) < 4.78 is 31.8. The number of halogens is 1. The van der Waals surface area contributed by atoms with Crippen molar-refractivity contribution in [2.75, 3.05) is 13.7 Å². The number of rotatable bonds is 9. The van der Waals surface area contributed by atoms with Crippen LogP contribution in [-0.4, -0.2) is 46.9 Å². The third kappa shape index (κ3) is 5.48. The Bertz CT molecular complexity index is 1500. The van der Waals surface area contributed by atoms with Crippen molar-refractivity contribution in [2.24, 2.45) is 0 Å². The number of carbonyl (C=O) groups is 3. The minimum absolute atomic E-state index is 0.0528. The van der Waals surface area contributed by atoms with Crippen LogP contribution in [0, 0.1) is 5.82 Å². The quantitative estimate of drug-likeness (QED) is 0.314. The highest BCUT2D eigenvalue weighted by Gasteiger charge is 2.52. The highest BCUT2D eigenvalue weighted by Crippen LogP contribution is 2.29. The van der Waals surface area contributed by atoms with Crippen LogP contribution in [0.15, 0.2) is 85.1 Å². The van der Waals surface area contributed by atoms with E-state index in [-0.39, 0.29) is 24.6 Å². The van der Waals surface area contributed by atoms with Gasteiger partial charge in [-0.15, -0.1) is 0 Å². The summed E-state index contributed by atoms with van der Waals surface area (Å²) in [7, 11) is 1.43. The molecule has 4 amide bonds. The zero-order valence-electron chi connectivity index (χ0n) is 20.7. The van der Waals surface area contributed by atoms with Crippen molar-refractivity contribution >= 4 is 17.8 Å². The van der Waals surface area contributed by atoms with Crippen LogP contribution >= 0.6 is 0 Å². The summed E-state index contributed by atoms with van der Waals surface area (Å²) in [6.45, 7) is 0.0528. The molecule has 39 heavy (non-hydrogen) atoms. The molecule has 2 N–H and O–H groups in total. The molecule has 0 unspecified atom stereocenters. The average Bonchev–Trinajstić information content (AvgIpc) is 3.42. The minimum atomic E-state index is -1.95. The van der Waals surface area contributed by atoms with E-state index >= 15 is 0 Å². The monoisotopic (exact) mass is 530 g/mol. The second-order valence-electron chi connectivity index (χ2n) is 8.63. The van der Waals surface area contributed by atoms with Crippen LogP contribution in [0.1, 0.15) is 6.42 Å². The van der Waals surface area contributed by atoms with Crippen LogP contribution in [0.25, 0.3) is 16.9 Å². The van der Waals surface area contributed by atoms with E-state index in [0.717, 1.165) is 5.56 Å². The number of hydrogen-bond donors (Lipinski definition) is 2. The Balaban J connectivity index is 1.26. The summed E-state index contributed by atoms with van der Waals surface area (Å²) in [5, 5.41) is 8.65. The summed E-state index contributed by atoms with van der Waals surface area (Å²) in [4.78, 5) is 36.6. The number of benzene rings is 3. The maximum absolute atomic E-state index is 13.5. The van der Waals surface area contributed by atoms with Gasteiger partial charge in [-0.1, -0.05) is 6.07 Å². The van der Waals surface area contributed by atoms with Crippen LogP contribution in [0.2, 0.25) is 0 Å². The Kier molecular flexibility index (Phi) is 7.06. The van der Waals surface area contributed by atoms with E-state index in [1.807, 2.05) is 18.2 Å². The number of nitrogens with one attached hydrogen (secondary N) is 2. The number of hydrogen-bond acceptors (Lipinski definition) is 7. The van der Waals surface area contributed by atoms with Crippen LogP contribution in [0.3, 0.4) is 0 Å². The number of barbiturate groups is 1. The fourth-order valence-corrected chi connectivity index (χ4v) is 4.01. The molecule has 0 saturated carbocycles. The molecular formula is C28H23FN4O6. The van der Waals surface area contributed by atoms with E-state index in [1.165, 1.54) is 19.2 Å². The lowest BCUT2D eigenvalue weighted by Crippen LogP contribution is -2.69. The van der Waals surface area contributed by atoms with Gasteiger partial charge < -0.3 is 14.2 Å². The Hall–Kier alpha value is -5.03. The van der Waals surface area contributed by atoms with E-state index in [0.29, 0.717) is 22.9 Å². The van der Waals surface area contributed by atoms with E-state index in [1.54, 1.807) is 59.4 Å². The van der Waals surface area contributed by atoms with Gasteiger partial charge in [-0.3, -0.25) is 20.2 Å². The standard InChI is InChI=1S/C28H23FN4O6/c1-37-16-14-28(25(34)30-27(36)31-26(28)35)39-23-11-9-22(10-12-23)38-21-7-5-18(6-8-21)24-13-15-33(32-24)20-4-2-3-19(29)17-20/h2-13,15,17H,14,16H2,1H3,(H2,30,31,34,35,36). The Labute approximate surface area is 222 Å². The molecular weight excluding hydrogens is 507 g/mol. The molecule has 198 valence electrons. The maximum atomic E-state index is 13.5. The topological polar surface area (TPSA) is 121 Å². The number of nitrogens with zero attached hydrogens (tertiary/aromatic N) is 2. The van der Waals surface area contributed by atoms with Crippen LogP contribution < -0.4 is 20.1 Å². The largest absolute Gasteiger partial charge is 0.467 e. The molecule has 0 atom stereocenters. The first-order valence-electron chi connectivity index (χ1n) is 11.9. The van der Waals surface area contributed by atoms with Gasteiger partial charge in [0.1, 0.15) is 23.1 Å². The molecule has 3 aromatic carbocycles. The van der Waals surface area contributed by atoms with Gasteiger partial charge in [0.15, 0.2) is 0 Å². The van der Waals surface area contributed by atoms with Gasteiger partial charge in [-0.25, -0.2) is 13.9 Å². The van der Waals surface area contributed by atoms with Crippen molar-refractivity contribution < 1.29 is 33.0 Å². The molecule has 0 radical (unpaired) electrons. The van der Waals surface area contributed by atoms with Gasteiger partial charge in [-0.05, 0) is 72.8 Å². The number of imide groups is 2. The zero-order chi connectivity index (χ0) is 27.4. The Morgan fingerprint density at radius 1 is 0.872 bits per heavy atom. The second kappa shape index (κ2) is 10.8. The summed E-state index contributed by atoms with van der Waals surface area (Å²) in [5.74, 6) is -0.786. The van der Waals surface area contributed by atoms with Crippen molar-refractivity contribution in [2.45, 2.75) is 12.0 Å². The van der Waals surface area contributed by atoms with Crippen LogP contribution in [-0.2, 0) is 14.3 Å². The number of aromatic nitrogens is 2. The molecule has 11 heteroatoms. The molecule has 1 aliphatic rings. The van der Waals surface area contributed by atoms with Crippen molar-refractivity contribution in [3.8, 4) is 34.2 Å². The fraction of sp³-hybridized carbons (Fsp3) is 0.143. The van der Waals surface area contributed by atoms with E-state index in [2.05, 4.69) is 15.7 Å². The molecule has 1 aliphatic heterocycles. The number of methoxy groups -OCH3 is 1. The number of amides is 4. The number of carbonyl (C=O) groups excluding carboxylic acids is 3. The highest BCUT2D eigenvalue weighted by atomic mass is 19.1. The first-order valence-corrected chi connectivity index (χ1v) is 11.9. The Morgan fingerprint density at radius 3 is 2.15 bits per heavy atom. The van der Waals surface area contributed by atoms with Crippen molar-refractivity contribution in [3.63, 3.8) is 0 Å². The lowest BCUT2D eigenvalue weighted by atomic mass is 9.95. The third-order valence-corrected chi connectivity index (χ3v) is 6.01. The van der Waals surface area contributed by atoms with Gasteiger partial charge >= 0.3 is 6.03 Å². The fourth-order valence-electron chi connectivity index (χ4n) is 4.01. The molecule has 0 aliphatic carbocycles. The molecule has 4 aromatic rings. The smallest absolute Gasteiger partial charge is 0.328 e. The first-order chi connectivity index (χ1) is 18.9. The molecule has 10 nitrogen and oxygen atoms in total. The predicted octanol–water partition coefficient (Wildman–Crippen LogP) is 3.99. The third-order valence-electron chi connectivity index (χ3n) is 6.01. The number of ether oxygens (including phenoxy) is 3. The van der Waals surface area contributed by atoms with Crippen molar-refractivity contribution in [1.29, 1.82) is 0 Å². The molecule has 0 bridgehead atoms. The van der Waals surface area contributed by atoms with E-state index in [9.17, 15) is 18.8 Å². The van der Waals surface area contributed by atoms with Gasteiger partial charge in [-0.2, -0.15) is 5.10 Å². The van der Waals surface area contributed by atoms with Crippen molar-refractivity contribution in [3.05, 3.63) is 90.9 Å². The summed E-state index contributed by atoms with van der Waals surface area (Å²) in [5.41, 5.74) is 0.234. The van der Waals surface area contributed by atoms with Crippen molar-refractivity contribution in [1.82, 2.24) is 20.4 Å². The first kappa shape index (κ1) is 25.6. The predicted molar refractivity (Wildman–Crippen MR) is 137 cm³/mol. The van der Waals surface area contributed by atoms with Crippen LogP contribution in [0.5, 0.6) is 17.2 Å². The van der Waals surface area contributed by atoms with Gasteiger partial charge in [0.25, 0.3) is 17.4 Å². The lowest BCUT2D eigenvalue weighted by molar-refractivity contribution is -0.153. The molecule has 2 heterocycles. The molecule has 5 rings (SSSR count). The van der Waals surface area contributed by atoms with Gasteiger partial charge in [0.2, 0.25) is 0 Å². The molecule has 1 aromatic heterocycles. The minimum Gasteiger partial charge on any atom is -0.467 e. The lowest BCUT2D eigenvalue weighted by Gasteiger charge is -2.34. The van der Waals surface area contributed by atoms with E-state index < -0.39 is 23.4 Å². The van der Waals surface area contributed by atoms with Gasteiger partial charge in [0.05, 0.1) is 18.0 Å². The maximum Gasteiger partial charge on any atom is 0.328 e. The molecule has 1 fully saturated rings. The molecule has 0 spiro atoms. The second-order valence-corrected chi connectivity index (χ2v) is 8.63. The Morgan fingerprint density at radius 2 is 1.51 bits per heavy atom. The summed E-state index contributed by atoms with van der Waals surface area (Å²) in [6, 6.07) is 20.7. The molecule has 1 saturated heterocycles. The average molecular weight is 531 g/mol. The summed E-state index contributed by atoms with van der Waals surface area (Å²) >= 11 is 0. The SMILES string of the molecule is COCCC1(Oc2ccc(Oc3ccc(-c4ccn(-c5cccc(F)c5)n4)cc3)cc2)C(=O)NC(=O)NC1=O. The summed E-state index contributed by atoms with van der Waals surface area (Å²) in [6.07, 6.45) is 1.66. The van der Waals surface area contributed by atoms with E-state index in [4.69, 9.17) is 14.2 Å².